The standard InChI is InChI=1S/C28H30N4.C28H28N4.C4H5N.C3H6O2.C3H6O.C2H4O2.Mn/c2*1-5-17-21-9-11-23(29-21)18(6-2)25-13-15-27(31-25)20(8-4)28-16-14-26(32-28)19(7-3)24-12-10-22(17)30-24;1-2-4-5-3-1;1-2-3(4)5;1-2-3-4;1-2(3)4;/h9-16,29-30H,5-8H2,1-4H3;9-16H,5-8H2,1-4H3;1-5H;2H2,1H3,(H,4,5);3H,2H2,1H3;1H3,(H,3,4);/q;-2;;;;;+2. The Morgan fingerprint density at radius 1 is 0.422 bits per heavy atom. The first-order valence-electron chi connectivity index (χ1n) is 28.8. The molecule has 0 saturated carbocycles. The first-order valence-corrected chi connectivity index (χ1v) is 28.8. The third kappa shape index (κ3) is 16.4. The second-order valence-electron chi connectivity index (χ2n) is 19.2. The first kappa shape index (κ1) is 65.4. The van der Waals surface area contributed by atoms with Crippen LogP contribution >= 0.6 is 0 Å². The monoisotopic (exact) mass is 1160 g/mol. The summed E-state index contributed by atoms with van der Waals surface area (Å²) in [6.07, 6.45) is 29.7. The summed E-state index contributed by atoms with van der Waals surface area (Å²) in [6.45, 7) is 22.0. The number of aliphatic carboxylic acids is 2. The minimum Gasteiger partial charge on any atom is -0.657 e. The van der Waals surface area contributed by atoms with Crippen LogP contribution < -0.4 is 9.97 Å². The van der Waals surface area contributed by atoms with Crippen molar-refractivity contribution in [3.05, 3.63) is 163 Å². The van der Waals surface area contributed by atoms with Crippen LogP contribution in [-0.4, -0.2) is 63.3 Å². The Morgan fingerprint density at radius 3 is 0.855 bits per heavy atom. The number of aromatic amines is 3. The average molecular weight is 1160 g/mol. The number of aromatic nitrogens is 9. The van der Waals surface area contributed by atoms with E-state index in [1.54, 1.807) is 6.92 Å². The molecule has 0 aliphatic carbocycles. The van der Waals surface area contributed by atoms with Gasteiger partial charge in [0.2, 0.25) is 0 Å². The molecule has 14 nitrogen and oxygen atoms in total. The number of carbonyl (C=O) groups is 3. The molecule has 83 heavy (non-hydrogen) atoms. The summed E-state index contributed by atoms with van der Waals surface area (Å²) >= 11 is 0. The van der Waals surface area contributed by atoms with Crippen LogP contribution in [0.5, 0.6) is 0 Å². The number of nitrogens with zero attached hydrogens (tertiary/aromatic N) is 6. The van der Waals surface area contributed by atoms with E-state index in [0.29, 0.717) is 6.42 Å². The summed E-state index contributed by atoms with van der Waals surface area (Å²) in [5.41, 5.74) is 26.4. The van der Waals surface area contributed by atoms with E-state index < -0.39 is 11.9 Å². The Labute approximate surface area is 498 Å². The van der Waals surface area contributed by atoms with Crippen molar-refractivity contribution < 1.29 is 41.7 Å². The van der Waals surface area contributed by atoms with E-state index in [2.05, 4.69) is 167 Å². The van der Waals surface area contributed by atoms with Crippen LogP contribution in [0, 0.1) is 0 Å². The van der Waals surface area contributed by atoms with Crippen LogP contribution in [-0.2, 0) is 82.8 Å². The van der Waals surface area contributed by atoms with Crippen molar-refractivity contribution in [1.82, 2.24) is 44.9 Å². The molecule has 0 aromatic carbocycles. The summed E-state index contributed by atoms with van der Waals surface area (Å²) in [6, 6.07) is 21.2. The quantitative estimate of drug-likeness (QED) is 0.0641. The van der Waals surface area contributed by atoms with Crippen molar-refractivity contribution in [2.24, 2.45) is 0 Å². The molecule has 0 atom stereocenters. The molecular formula is C68H79MnN9O5. The summed E-state index contributed by atoms with van der Waals surface area (Å²) in [5, 5.41) is 15.1. The van der Waals surface area contributed by atoms with Crippen molar-refractivity contribution in [3.63, 3.8) is 0 Å². The van der Waals surface area contributed by atoms with Gasteiger partial charge in [0.15, 0.2) is 0 Å². The Kier molecular flexibility index (Phi) is 25.5. The van der Waals surface area contributed by atoms with Gasteiger partial charge in [0.25, 0.3) is 5.97 Å². The number of rotatable bonds is 10. The van der Waals surface area contributed by atoms with Crippen molar-refractivity contribution in [2.75, 3.05) is 0 Å². The van der Waals surface area contributed by atoms with E-state index in [1.165, 1.54) is 44.5 Å². The van der Waals surface area contributed by atoms with Crippen LogP contribution in [0.2, 0.25) is 0 Å². The second-order valence-corrected chi connectivity index (χ2v) is 19.2. The largest absolute Gasteiger partial charge is 2.00 e. The van der Waals surface area contributed by atoms with Gasteiger partial charge in [-0.1, -0.05) is 93.5 Å². The van der Waals surface area contributed by atoms with Gasteiger partial charge in [-0.25, -0.2) is 19.9 Å². The molecule has 7 aromatic heterocycles. The minimum absolute atomic E-state index is 0. The number of nitrogens with one attached hydrogen (secondary N) is 3. The minimum atomic E-state index is -0.833. The molecular weight excluding hydrogens is 1080 g/mol. The maximum Gasteiger partial charge on any atom is 2.00 e. The van der Waals surface area contributed by atoms with Gasteiger partial charge < -0.3 is 39.9 Å². The van der Waals surface area contributed by atoms with Gasteiger partial charge in [-0.05, 0) is 164 Å². The van der Waals surface area contributed by atoms with Gasteiger partial charge in [-0.3, -0.25) is 9.59 Å². The van der Waals surface area contributed by atoms with Crippen LogP contribution in [0.15, 0.2) is 73.1 Å². The summed E-state index contributed by atoms with van der Waals surface area (Å²) < 4.78 is 0. The molecule has 433 valence electrons. The van der Waals surface area contributed by atoms with Crippen molar-refractivity contribution in [2.45, 2.75) is 140 Å². The molecule has 4 aliphatic rings. The number of carbonyl (C=O) groups excluding carboxylic acids is 1. The summed E-state index contributed by atoms with van der Waals surface area (Å²) in [7, 11) is 0. The molecule has 5 N–H and O–H groups in total. The Balaban J connectivity index is 0.000000232. The molecule has 0 fully saturated rings. The SMILES string of the molecule is CC(=O)O.CCC(=O)O.CCC=O.CCc1c2nc(c(CC)c3ccc([n-]3)c(CC)c3nc(c(CC)c4ccc1[n-]4)C=C3)C=C2.CCc1c2nc(c(CC)c3ccc([nH]3)c(CC)c3ccc([nH]3)c(CC)c3nc1C=C3)C=C2.[Mn+2].c1cc[nH]c1. The molecule has 11 rings (SSSR count). The van der Waals surface area contributed by atoms with Crippen LogP contribution in [0.4, 0.5) is 0 Å². The number of aldehydes is 1. The van der Waals surface area contributed by atoms with Gasteiger partial charge in [0, 0.05) is 70.9 Å². The molecule has 0 amide bonds. The zero-order chi connectivity index (χ0) is 59.3. The maximum absolute atomic E-state index is 9.37. The number of carboxylic acids is 2. The van der Waals surface area contributed by atoms with Gasteiger partial charge >= 0.3 is 23.0 Å². The van der Waals surface area contributed by atoms with Gasteiger partial charge in [0.05, 0.1) is 45.6 Å². The topological polar surface area (TPSA) is 219 Å². The fourth-order valence-electron chi connectivity index (χ4n) is 9.97. The molecule has 15 heteroatoms. The summed E-state index contributed by atoms with van der Waals surface area (Å²) in [4.78, 5) is 68.0. The Morgan fingerprint density at radius 2 is 0.651 bits per heavy atom. The molecule has 0 unspecified atom stereocenters. The van der Waals surface area contributed by atoms with Gasteiger partial charge in [-0.15, -0.1) is 22.1 Å². The number of hydrogen-bond acceptors (Lipinski definition) is 7. The van der Waals surface area contributed by atoms with E-state index in [1.807, 2.05) is 31.5 Å². The maximum atomic E-state index is 9.37. The predicted octanol–water partition coefficient (Wildman–Crippen LogP) is 15.2. The number of hydrogen-bond donors (Lipinski definition) is 5. The number of H-pyrrole nitrogens is 3. The fourth-order valence-corrected chi connectivity index (χ4v) is 9.97. The molecule has 16 bridgehead atoms. The fraction of sp³-hybridized carbons (Fsp3) is 0.309. The van der Waals surface area contributed by atoms with Crippen LogP contribution in [0.3, 0.4) is 0 Å². The number of carboxylic acid groups (broad SMARTS) is 2. The van der Waals surface area contributed by atoms with E-state index in [4.69, 9.17) is 44.9 Å². The molecule has 0 spiro atoms. The second kappa shape index (κ2) is 32.3. The third-order valence-corrected chi connectivity index (χ3v) is 14.0. The predicted molar refractivity (Wildman–Crippen MR) is 339 cm³/mol. The smallest absolute Gasteiger partial charge is 0.657 e. The Bertz CT molecular complexity index is 3490. The van der Waals surface area contributed by atoms with Gasteiger partial charge in [0.1, 0.15) is 6.29 Å². The van der Waals surface area contributed by atoms with Crippen molar-refractivity contribution in [3.8, 4) is 0 Å². The zero-order valence-electron chi connectivity index (χ0n) is 49.9. The van der Waals surface area contributed by atoms with Crippen molar-refractivity contribution >= 4 is 111 Å². The molecule has 4 aliphatic heterocycles. The third-order valence-electron chi connectivity index (χ3n) is 14.0. The van der Waals surface area contributed by atoms with Crippen LogP contribution in [0.1, 0.15) is 179 Å². The average Bonchev–Trinajstić information content (AvgIpc) is 4.45. The van der Waals surface area contributed by atoms with Gasteiger partial charge in [-0.2, -0.15) is 0 Å². The van der Waals surface area contributed by atoms with E-state index in [0.717, 1.165) is 154 Å². The number of aryl methyl sites for hydroxylation is 7. The molecule has 7 aromatic rings. The molecule has 0 saturated heterocycles. The Hall–Kier alpha value is -8.39. The zero-order valence-corrected chi connectivity index (χ0v) is 51.1. The summed E-state index contributed by atoms with van der Waals surface area (Å²) in [5.74, 6) is -1.58. The molecule has 1 radical (unpaired) electrons. The van der Waals surface area contributed by atoms with E-state index in [9.17, 15) is 9.59 Å². The molecule has 11 heterocycles. The van der Waals surface area contributed by atoms with E-state index in [-0.39, 0.29) is 23.5 Å². The van der Waals surface area contributed by atoms with Crippen LogP contribution in [0.25, 0.3) is 92.7 Å². The first-order chi connectivity index (χ1) is 39.7. The van der Waals surface area contributed by atoms with Crippen molar-refractivity contribution in [1.29, 1.82) is 0 Å². The number of fused-ring (bicyclic) bond motifs is 16. The normalized spacial score (nSPS) is 11.3. The van der Waals surface area contributed by atoms with E-state index >= 15 is 0 Å².